The van der Waals surface area contributed by atoms with Gasteiger partial charge in [-0.3, -0.25) is 4.90 Å². The van der Waals surface area contributed by atoms with Gasteiger partial charge in [-0.15, -0.1) is 0 Å². The molecule has 2 aromatic rings. The predicted octanol–water partition coefficient (Wildman–Crippen LogP) is 3.89. The lowest BCUT2D eigenvalue weighted by Gasteiger charge is -2.26. The molecule has 0 bridgehead atoms. The number of anilines is 1. The van der Waals surface area contributed by atoms with Gasteiger partial charge >= 0.3 is 0 Å². The molecule has 1 saturated heterocycles. The predicted molar refractivity (Wildman–Crippen MR) is 120 cm³/mol. The van der Waals surface area contributed by atoms with E-state index in [2.05, 4.69) is 15.5 Å². The van der Waals surface area contributed by atoms with Gasteiger partial charge in [0.2, 0.25) is 0 Å². The minimum Gasteiger partial charge on any atom is -0.494 e. The standard InChI is InChI=1S/C22H29N3O3S/c1-2-27-19-8-10-21(11-9-19)28-20-6-4-18(5-7-20)24-22(29)23-12-3-13-25-14-16-26-17-15-25/h4-11H,2-3,12-17H2,1H3,(H2,23,24,29). The Kier molecular flexibility index (Phi) is 8.55. The van der Waals surface area contributed by atoms with E-state index in [0.29, 0.717) is 11.7 Å². The zero-order chi connectivity index (χ0) is 20.3. The molecular formula is C22H29N3O3S. The lowest BCUT2D eigenvalue weighted by molar-refractivity contribution is 0.0376. The summed E-state index contributed by atoms with van der Waals surface area (Å²) < 4.78 is 16.7. The molecule has 156 valence electrons. The number of ether oxygens (including phenoxy) is 3. The van der Waals surface area contributed by atoms with Gasteiger partial charge in [0.15, 0.2) is 5.11 Å². The van der Waals surface area contributed by atoms with E-state index < -0.39 is 0 Å². The molecule has 6 nitrogen and oxygen atoms in total. The molecule has 1 heterocycles. The number of nitrogens with one attached hydrogen (secondary N) is 2. The highest BCUT2D eigenvalue weighted by Crippen LogP contribution is 2.25. The van der Waals surface area contributed by atoms with E-state index in [9.17, 15) is 0 Å². The molecule has 29 heavy (non-hydrogen) atoms. The summed E-state index contributed by atoms with van der Waals surface area (Å²) in [6, 6.07) is 15.3. The summed E-state index contributed by atoms with van der Waals surface area (Å²) in [5, 5.41) is 7.10. The fourth-order valence-electron chi connectivity index (χ4n) is 3.02. The van der Waals surface area contributed by atoms with E-state index in [-0.39, 0.29) is 0 Å². The Bertz CT molecular complexity index is 747. The quantitative estimate of drug-likeness (QED) is 0.476. The molecular weight excluding hydrogens is 386 g/mol. The van der Waals surface area contributed by atoms with Crippen LogP contribution in [0.3, 0.4) is 0 Å². The van der Waals surface area contributed by atoms with Crippen LogP contribution in [0.15, 0.2) is 48.5 Å². The largest absolute Gasteiger partial charge is 0.494 e. The molecule has 0 aromatic heterocycles. The normalized spacial score (nSPS) is 14.2. The highest BCUT2D eigenvalue weighted by Gasteiger charge is 2.09. The summed E-state index contributed by atoms with van der Waals surface area (Å²) in [6.07, 6.45) is 1.05. The molecule has 2 N–H and O–H groups in total. The van der Waals surface area contributed by atoms with Crippen LogP contribution in [-0.2, 0) is 4.74 Å². The van der Waals surface area contributed by atoms with E-state index >= 15 is 0 Å². The van der Waals surface area contributed by atoms with Gasteiger partial charge in [0.1, 0.15) is 17.2 Å². The van der Waals surface area contributed by atoms with Gasteiger partial charge in [0.25, 0.3) is 0 Å². The van der Waals surface area contributed by atoms with Crippen molar-refractivity contribution < 1.29 is 14.2 Å². The fourth-order valence-corrected chi connectivity index (χ4v) is 3.24. The molecule has 0 aliphatic carbocycles. The number of nitrogens with zero attached hydrogens (tertiary/aromatic N) is 1. The van der Waals surface area contributed by atoms with Crippen LogP contribution in [0.2, 0.25) is 0 Å². The van der Waals surface area contributed by atoms with Gasteiger partial charge in [0, 0.05) is 25.3 Å². The van der Waals surface area contributed by atoms with Crippen molar-refractivity contribution in [2.75, 3.05) is 51.3 Å². The topological polar surface area (TPSA) is 55.0 Å². The van der Waals surface area contributed by atoms with Crippen molar-refractivity contribution in [1.29, 1.82) is 0 Å². The first-order valence-electron chi connectivity index (χ1n) is 10.1. The van der Waals surface area contributed by atoms with Crippen molar-refractivity contribution >= 4 is 23.0 Å². The van der Waals surface area contributed by atoms with E-state index in [1.165, 1.54) is 0 Å². The first kappa shape index (κ1) is 21.4. The van der Waals surface area contributed by atoms with Gasteiger partial charge in [0.05, 0.1) is 19.8 Å². The average Bonchev–Trinajstić information content (AvgIpc) is 2.75. The third-order valence-corrected chi connectivity index (χ3v) is 4.77. The number of morpholine rings is 1. The number of rotatable bonds is 9. The zero-order valence-electron chi connectivity index (χ0n) is 16.9. The maximum Gasteiger partial charge on any atom is 0.170 e. The summed E-state index contributed by atoms with van der Waals surface area (Å²) in [5.41, 5.74) is 0.926. The van der Waals surface area contributed by atoms with Crippen LogP contribution in [0, 0.1) is 0 Å². The maximum absolute atomic E-state index is 5.86. The van der Waals surface area contributed by atoms with Gasteiger partial charge < -0.3 is 24.8 Å². The van der Waals surface area contributed by atoms with Crippen LogP contribution >= 0.6 is 12.2 Å². The molecule has 2 aromatic carbocycles. The molecule has 3 rings (SSSR count). The van der Waals surface area contributed by atoms with Gasteiger partial charge in [-0.2, -0.15) is 0 Å². The smallest absolute Gasteiger partial charge is 0.170 e. The second-order valence-corrected chi connectivity index (χ2v) is 7.13. The SMILES string of the molecule is CCOc1ccc(Oc2ccc(NC(=S)NCCCN3CCOCC3)cc2)cc1. The second-order valence-electron chi connectivity index (χ2n) is 6.72. The molecule has 0 radical (unpaired) electrons. The molecule has 0 saturated carbocycles. The van der Waals surface area contributed by atoms with Crippen molar-refractivity contribution in [2.45, 2.75) is 13.3 Å². The average molecular weight is 416 g/mol. The maximum atomic E-state index is 5.86. The van der Waals surface area contributed by atoms with Crippen LogP contribution in [0.5, 0.6) is 17.2 Å². The Morgan fingerprint density at radius 3 is 2.28 bits per heavy atom. The van der Waals surface area contributed by atoms with Gasteiger partial charge in [-0.25, -0.2) is 0 Å². The number of thiocarbonyl (C=S) groups is 1. The molecule has 0 spiro atoms. The third kappa shape index (κ3) is 7.53. The van der Waals surface area contributed by atoms with Crippen LogP contribution in [-0.4, -0.2) is 56.0 Å². The van der Waals surface area contributed by atoms with E-state index in [0.717, 1.165) is 68.7 Å². The summed E-state index contributed by atoms with van der Waals surface area (Å²) >= 11 is 5.38. The van der Waals surface area contributed by atoms with Crippen molar-refractivity contribution in [2.24, 2.45) is 0 Å². The van der Waals surface area contributed by atoms with Crippen LogP contribution in [0.25, 0.3) is 0 Å². The Labute approximate surface area is 178 Å². The number of hydrogen-bond acceptors (Lipinski definition) is 5. The monoisotopic (exact) mass is 415 g/mol. The Hall–Kier alpha value is -2.35. The lowest BCUT2D eigenvalue weighted by atomic mass is 10.3. The molecule has 1 aliphatic rings. The molecule has 0 unspecified atom stereocenters. The fraction of sp³-hybridized carbons (Fsp3) is 0.409. The number of benzene rings is 2. The van der Waals surface area contributed by atoms with Crippen LogP contribution in [0.4, 0.5) is 5.69 Å². The second kappa shape index (κ2) is 11.6. The molecule has 1 fully saturated rings. The highest BCUT2D eigenvalue weighted by atomic mass is 32.1. The minimum absolute atomic E-state index is 0.632. The van der Waals surface area contributed by atoms with Crippen molar-refractivity contribution in [3.05, 3.63) is 48.5 Å². The first-order valence-corrected chi connectivity index (χ1v) is 10.5. The molecule has 1 aliphatic heterocycles. The Balaban J connectivity index is 1.37. The van der Waals surface area contributed by atoms with Crippen molar-refractivity contribution in [3.63, 3.8) is 0 Å². The third-order valence-electron chi connectivity index (χ3n) is 4.52. The van der Waals surface area contributed by atoms with Crippen LogP contribution < -0.4 is 20.1 Å². The Morgan fingerprint density at radius 1 is 1.00 bits per heavy atom. The van der Waals surface area contributed by atoms with E-state index in [4.69, 9.17) is 26.4 Å². The summed E-state index contributed by atoms with van der Waals surface area (Å²) in [5.74, 6) is 2.38. The first-order chi connectivity index (χ1) is 14.2. The molecule has 7 heteroatoms. The molecule has 0 atom stereocenters. The van der Waals surface area contributed by atoms with Gasteiger partial charge in [-0.1, -0.05) is 0 Å². The molecule has 0 amide bonds. The zero-order valence-corrected chi connectivity index (χ0v) is 17.7. The van der Waals surface area contributed by atoms with Gasteiger partial charge in [-0.05, 0) is 80.6 Å². The summed E-state index contributed by atoms with van der Waals surface area (Å²) in [6.45, 7) is 8.25. The van der Waals surface area contributed by atoms with Crippen molar-refractivity contribution in [3.8, 4) is 17.2 Å². The van der Waals surface area contributed by atoms with Crippen molar-refractivity contribution in [1.82, 2.24) is 10.2 Å². The highest BCUT2D eigenvalue weighted by molar-refractivity contribution is 7.80. The summed E-state index contributed by atoms with van der Waals surface area (Å²) in [7, 11) is 0. The van der Waals surface area contributed by atoms with E-state index in [1.54, 1.807) is 0 Å². The Morgan fingerprint density at radius 2 is 1.62 bits per heavy atom. The van der Waals surface area contributed by atoms with E-state index in [1.807, 2.05) is 55.5 Å². The lowest BCUT2D eigenvalue weighted by Crippen LogP contribution is -2.38. The summed E-state index contributed by atoms with van der Waals surface area (Å²) in [4.78, 5) is 2.42. The minimum atomic E-state index is 0.632. The van der Waals surface area contributed by atoms with Crippen LogP contribution in [0.1, 0.15) is 13.3 Å². The number of hydrogen-bond donors (Lipinski definition) is 2.